The number of nitrogens with zero attached hydrogens (tertiary/aromatic N) is 2. The summed E-state index contributed by atoms with van der Waals surface area (Å²) in [5.74, 6) is 0.147. The molecule has 5 nitrogen and oxygen atoms in total. The van der Waals surface area contributed by atoms with Crippen molar-refractivity contribution < 1.29 is 9.90 Å². The third-order valence-corrected chi connectivity index (χ3v) is 7.92. The highest BCUT2D eigenvalue weighted by molar-refractivity contribution is 5.93. The van der Waals surface area contributed by atoms with Gasteiger partial charge in [0.1, 0.15) is 11.1 Å². The van der Waals surface area contributed by atoms with Crippen molar-refractivity contribution in [3.8, 4) is 0 Å². The second-order valence-electron chi connectivity index (χ2n) is 9.50. The standard InChI is InChI=1S/C26H33N3O2/c1-20-9-5-6-12-22(20)26(31)14-8-7-13-23(26)28-17-15-25(16-18-28)24(30)27-19-29(25)21-10-3-2-4-11-21/h2-6,9-12,23,31H,7-8,13-19H2,1H3,(H,27,30)/t23-,26-/m1/s1. The molecule has 2 aromatic rings. The Hall–Kier alpha value is -2.37. The third-order valence-electron chi connectivity index (χ3n) is 7.92. The van der Waals surface area contributed by atoms with Crippen LogP contribution in [0.25, 0.3) is 0 Å². The zero-order valence-corrected chi connectivity index (χ0v) is 18.4. The fraction of sp³-hybridized carbons (Fsp3) is 0.500. The number of aryl methyl sites for hydroxylation is 1. The predicted octanol–water partition coefficient (Wildman–Crippen LogP) is 3.55. The molecule has 1 saturated carbocycles. The molecule has 2 N–H and O–H groups in total. The first-order valence-corrected chi connectivity index (χ1v) is 11.7. The van der Waals surface area contributed by atoms with Gasteiger partial charge in [-0.2, -0.15) is 0 Å². The monoisotopic (exact) mass is 419 g/mol. The van der Waals surface area contributed by atoms with Crippen LogP contribution in [0.1, 0.15) is 49.7 Å². The first-order valence-electron chi connectivity index (χ1n) is 11.7. The zero-order chi connectivity index (χ0) is 21.5. The van der Waals surface area contributed by atoms with E-state index in [2.05, 4.69) is 46.3 Å². The molecule has 0 aromatic heterocycles. The van der Waals surface area contributed by atoms with Crippen molar-refractivity contribution in [3.63, 3.8) is 0 Å². The number of hydrogen-bond donors (Lipinski definition) is 2. The summed E-state index contributed by atoms with van der Waals surface area (Å²) in [6, 6.07) is 18.6. The summed E-state index contributed by atoms with van der Waals surface area (Å²) in [6.07, 6.45) is 5.59. The van der Waals surface area contributed by atoms with Crippen LogP contribution < -0.4 is 10.2 Å². The van der Waals surface area contributed by atoms with E-state index in [9.17, 15) is 9.90 Å². The lowest BCUT2D eigenvalue weighted by Gasteiger charge is -2.51. The van der Waals surface area contributed by atoms with E-state index in [-0.39, 0.29) is 11.9 Å². The van der Waals surface area contributed by atoms with Crippen LogP contribution >= 0.6 is 0 Å². The molecule has 1 spiro atoms. The molecule has 3 aliphatic rings. The van der Waals surface area contributed by atoms with Gasteiger partial charge < -0.3 is 15.3 Å². The Bertz CT molecular complexity index is 939. The maximum atomic E-state index is 13.0. The van der Waals surface area contributed by atoms with Crippen molar-refractivity contribution in [2.24, 2.45) is 0 Å². The molecule has 5 heteroatoms. The smallest absolute Gasteiger partial charge is 0.247 e. The Labute approximate surface area is 185 Å². The van der Waals surface area contributed by atoms with E-state index in [1.54, 1.807) is 0 Å². The number of carbonyl (C=O) groups is 1. The Morgan fingerprint density at radius 2 is 1.68 bits per heavy atom. The van der Waals surface area contributed by atoms with Crippen molar-refractivity contribution >= 4 is 11.6 Å². The van der Waals surface area contributed by atoms with Gasteiger partial charge >= 0.3 is 0 Å². The molecule has 2 aliphatic heterocycles. The van der Waals surface area contributed by atoms with Crippen LogP contribution in [0.3, 0.4) is 0 Å². The average molecular weight is 420 g/mol. The van der Waals surface area contributed by atoms with Crippen molar-refractivity contribution in [1.82, 2.24) is 10.2 Å². The molecule has 31 heavy (non-hydrogen) atoms. The molecule has 2 saturated heterocycles. The topological polar surface area (TPSA) is 55.8 Å². The van der Waals surface area contributed by atoms with Crippen LogP contribution in [0.5, 0.6) is 0 Å². The highest BCUT2D eigenvalue weighted by Gasteiger charge is 2.53. The lowest BCUT2D eigenvalue weighted by Crippen LogP contribution is -2.61. The number of piperidine rings is 1. The van der Waals surface area contributed by atoms with Crippen LogP contribution in [0.4, 0.5) is 5.69 Å². The number of benzene rings is 2. The fourth-order valence-corrected chi connectivity index (χ4v) is 6.23. The van der Waals surface area contributed by atoms with E-state index in [1.807, 2.05) is 30.3 Å². The molecular weight excluding hydrogens is 386 g/mol. The minimum atomic E-state index is -0.814. The average Bonchev–Trinajstić information content (AvgIpc) is 3.11. The van der Waals surface area contributed by atoms with Gasteiger partial charge in [-0.25, -0.2) is 0 Å². The number of carbonyl (C=O) groups excluding carboxylic acids is 1. The maximum absolute atomic E-state index is 13.0. The lowest BCUT2D eigenvalue weighted by atomic mass is 9.72. The SMILES string of the molecule is Cc1ccccc1[C@]1(O)CCCC[C@H]1N1CCC2(CC1)C(=O)NCN2c1ccccc1. The van der Waals surface area contributed by atoms with Gasteiger partial charge in [0.25, 0.3) is 0 Å². The number of hydrogen-bond acceptors (Lipinski definition) is 4. The molecule has 1 amide bonds. The first kappa shape index (κ1) is 20.5. The predicted molar refractivity (Wildman–Crippen MR) is 123 cm³/mol. The summed E-state index contributed by atoms with van der Waals surface area (Å²) in [5, 5.41) is 15.0. The third kappa shape index (κ3) is 3.35. The van der Waals surface area contributed by atoms with Crippen LogP contribution in [-0.2, 0) is 10.4 Å². The lowest BCUT2D eigenvalue weighted by molar-refractivity contribution is -0.127. The van der Waals surface area contributed by atoms with Crippen molar-refractivity contribution in [2.75, 3.05) is 24.7 Å². The normalized spacial score (nSPS) is 28.6. The number of anilines is 1. The molecule has 1 aliphatic carbocycles. The minimum Gasteiger partial charge on any atom is -0.384 e. The number of likely N-dealkylation sites (tertiary alicyclic amines) is 1. The van der Waals surface area contributed by atoms with E-state index < -0.39 is 11.1 Å². The Morgan fingerprint density at radius 1 is 0.968 bits per heavy atom. The van der Waals surface area contributed by atoms with Crippen molar-refractivity contribution in [3.05, 3.63) is 65.7 Å². The summed E-state index contributed by atoms with van der Waals surface area (Å²) in [7, 11) is 0. The van der Waals surface area contributed by atoms with E-state index in [0.29, 0.717) is 6.67 Å². The molecule has 0 unspecified atom stereocenters. The molecule has 0 radical (unpaired) electrons. The molecule has 2 heterocycles. The Balaban J connectivity index is 1.39. The number of aliphatic hydroxyl groups is 1. The summed E-state index contributed by atoms with van der Waals surface area (Å²) >= 11 is 0. The Kier molecular flexibility index (Phi) is 5.27. The highest BCUT2D eigenvalue weighted by Crippen LogP contribution is 2.44. The second-order valence-corrected chi connectivity index (χ2v) is 9.50. The van der Waals surface area contributed by atoms with Crippen LogP contribution in [0.2, 0.25) is 0 Å². The van der Waals surface area contributed by atoms with E-state index >= 15 is 0 Å². The van der Waals surface area contributed by atoms with E-state index in [0.717, 1.165) is 68.4 Å². The van der Waals surface area contributed by atoms with E-state index in [4.69, 9.17) is 0 Å². The van der Waals surface area contributed by atoms with Gasteiger partial charge in [-0.3, -0.25) is 9.69 Å². The van der Waals surface area contributed by atoms with Gasteiger partial charge in [-0.15, -0.1) is 0 Å². The molecule has 3 fully saturated rings. The van der Waals surface area contributed by atoms with Gasteiger partial charge in [-0.1, -0.05) is 55.3 Å². The van der Waals surface area contributed by atoms with Crippen LogP contribution in [0, 0.1) is 6.92 Å². The molecular formula is C26H33N3O2. The number of rotatable bonds is 3. The second kappa shape index (κ2) is 7.95. The largest absolute Gasteiger partial charge is 0.384 e. The molecule has 0 bridgehead atoms. The molecule has 2 aromatic carbocycles. The number of para-hydroxylation sites is 1. The number of amides is 1. The van der Waals surface area contributed by atoms with Crippen LogP contribution in [0.15, 0.2) is 54.6 Å². The quantitative estimate of drug-likeness (QED) is 0.799. The van der Waals surface area contributed by atoms with Gasteiger partial charge in [0, 0.05) is 24.8 Å². The molecule has 164 valence electrons. The van der Waals surface area contributed by atoms with Crippen LogP contribution in [-0.4, -0.2) is 47.3 Å². The van der Waals surface area contributed by atoms with Gasteiger partial charge in [0.15, 0.2) is 0 Å². The summed E-state index contributed by atoms with van der Waals surface area (Å²) in [4.78, 5) is 17.7. The summed E-state index contributed by atoms with van der Waals surface area (Å²) in [5.41, 5.74) is 2.04. The highest BCUT2D eigenvalue weighted by atomic mass is 16.3. The van der Waals surface area contributed by atoms with E-state index in [1.165, 1.54) is 0 Å². The molecule has 2 atom stereocenters. The maximum Gasteiger partial charge on any atom is 0.247 e. The fourth-order valence-electron chi connectivity index (χ4n) is 6.23. The zero-order valence-electron chi connectivity index (χ0n) is 18.4. The van der Waals surface area contributed by atoms with Gasteiger partial charge in [0.2, 0.25) is 5.91 Å². The number of nitrogens with one attached hydrogen (secondary N) is 1. The van der Waals surface area contributed by atoms with Crippen molar-refractivity contribution in [1.29, 1.82) is 0 Å². The summed E-state index contributed by atoms with van der Waals surface area (Å²) < 4.78 is 0. The minimum absolute atomic E-state index is 0.106. The van der Waals surface area contributed by atoms with Gasteiger partial charge in [-0.05, 0) is 55.9 Å². The summed E-state index contributed by atoms with van der Waals surface area (Å²) in [6.45, 7) is 4.33. The van der Waals surface area contributed by atoms with Crippen molar-refractivity contribution in [2.45, 2.75) is 62.6 Å². The van der Waals surface area contributed by atoms with Gasteiger partial charge in [0.05, 0.1) is 6.67 Å². The first-order chi connectivity index (χ1) is 15.0. The Morgan fingerprint density at radius 3 is 2.42 bits per heavy atom. The molecule has 5 rings (SSSR count).